The highest BCUT2D eigenvalue weighted by molar-refractivity contribution is 6.22. The fraction of sp³-hybridized carbons (Fsp3) is 0.0645. The van der Waals surface area contributed by atoms with Crippen LogP contribution in [0.3, 0.4) is 0 Å². The summed E-state index contributed by atoms with van der Waals surface area (Å²) in [5, 5.41) is 5.87. The van der Waals surface area contributed by atoms with E-state index in [1.54, 1.807) is 6.08 Å². The molecule has 2 heterocycles. The monoisotopic (exact) mass is 833 g/mol. The highest BCUT2D eigenvalue weighted by Crippen LogP contribution is 2.55. The molecule has 9 aromatic carbocycles. The molecule has 2 aliphatic carbocycles. The average Bonchev–Trinajstić information content (AvgIpc) is 4.06. The van der Waals surface area contributed by atoms with E-state index in [0.29, 0.717) is 0 Å². The van der Waals surface area contributed by atoms with Gasteiger partial charge in [0.05, 0.1) is 5.69 Å². The number of para-hydroxylation sites is 1. The third-order valence-corrected chi connectivity index (χ3v) is 14.2. The molecule has 3 heteroatoms. The summed E-state index contributed by atoms with van der Waals surface area (Å²) < 4.78 is 13.2. The molecular formula is C62H43NO2. The van der Waals surface area contributed by atoms with Crippen molar-refractivity contribution < 1.29 is 8.83 Å². The van der Waals surface area contributed by atoms with Crippen LogP contribution in [0.5, 0.6) is 0 Å². The van der Waals surface area contributed by atoms with E-state index in [2.05, 4.69) is 208 Å². The van der Waals surface area contributed by atoms with Gasteiger partial charge in [0, 0.05) is 49.6 Å². The van der Waals surface area contributed by atoms with Crippen molar-refractivity contribution in [3.63, 3.8) is 0 Å². The number of allylic oxidation sites excluding steroid dienone is 2. The Bertz CT molecular complexity index is 3810. The zero-order valence-electron chi connectivity index (χ0n) is 36.4. The fourth-order valence-electron chi connectivity index (χ4n) is 11.2. The SMILES string of the molecule is C=C/C=C\c1oc2c(-c3ccc(N(c4ccc5oc6cccc(-c7ccc8c9c(cccc79)-c7ccccc7-8)c6c5c4)c4cccc5c4-c4ccccc4C5(C)C)cc3)cccc2c1C. The summed E-state index contributed by atoms with van der Waals surface area (Å²) in [6.45, 7) is 10.7. The van der Waals surface area contributed by atoms with Crippen LogP contribution in [0, 0.1) is 6.92 Å². The summed E-state index contributed by atoms with van der Waals surface area (Å²) in [7, 11) is 0. The first-order chi connectivity index (χ1) is 31.9. The molecule has 65 heavy (non-hydrogen) atoms. The lowest BCUT2D eigenvalue weighted by atomic mass is 9.82. The smallest absolute Gasteiger partial charge is 0.142 e. The minimum atomic E-state index is -0.155. The molecule has 13 rings (SSSR count). The summed E-state index contributed by atoms with van der Waals surface area (Å²) in [4.78, 5) is 2.44. The van der Waals surface area contributed by atoms with Crippen LogP contribution >= 0.6 is 0 Å². The summed E-state index contributed by atoms with van der Waals surface area (Å²) in [5.74, 6) is 0.848. The Kier molecular flexibility index (Phi) is 8.02. The molecule has 3 nitrogen and oxygen atoms in total. The standard InChI is InChI=1S/C62H43NO2/c1-5-6-26-55-37(2)41-18-11-19-42(61(41)65-55)38-28-30-39(31-29-38)63(54-25-14-24-53-60(54)50-17-9-10-23-52(50)62(53,3)4)40-32-35-56-51(36-40)59-48(22-13-27-57(59)64-56)45-33-34-49-44-16-8-7-15-43(44)46-20-12-21-47(45)58(46)49/h5-36H,1H2,2-4H3/b26-6-. The van der Waals surface area contributed by atoms with E-state index < -0.39 is 0 Å². The van der Waals surface area contributed by atoms with Crippen LogP contribution in [-0.2, 0) is 5.41 Å². The molecule has 0 unspecified atom stereocenters. The second-order valence-corrected chi connectivity index (χ2v) is 18.0. The van der Waals surface area contributed by atoms with Gasteiger partial charge >= 0.3 is 0 Å². The zero-order valence-corrected chi connectivity index (χ0v) is 36.4. The van der Waals surface area contributed by atoms with Crippen molar-refractivity contribution in [1.82, 2.24) is 0 Å². The first-order valence-corrected chi connectivity index (χ1v) is 22.5. The molecule has 0 aliphatic heterocycles. The minimum Gasteiger partial charge on any atom is -0.456 e. The molecule has 0 atom stereocenters. The van der Waals surface area contributed by atoms with Gasteiger partial charge in [-0.1, -0.05) is 166 Å². The van der Waals surface area contributed by atoms with E-state index in [-0.39, 0.29) is 5.41 Å². The predicted molar refractivity (Wildman–Crippen MR) is 273 cm³/mol. The predicted octanol–water partition coefficient (Wildman–Crippen LogP) is 17.8. The number of anilines is 3. The lowest BCUT2D eigenvalue weighted by molar-refractivity contribution is 0.602. The van der Waals surface area contributed by atoms with E-state index in [4.69, 9.17) is 8.83 Å². The molecule has 2 aliphatic rings. The van der Waals surface area contributed by atoms with Crippen LogP contribution in [0.25, 0.3) is 105 Å². The summed E-state index contributed by atoms with van der Waals surface area (Å²) >= 11 is 0. The van der Waals surface area contributed by atoms with Crippen molar-refractivity contribution in [2.75, 3.05) is 4.90 Å². The fourth-order valence-corrected chi connectivity index (χ4v) is 11.2. The Morgan fingerprint density at radius 1 is 0.492 bits per heavy atom. The van der Waals surface area contributed by atoms with Gasteiger partial charge in [-0.15, -0.1) is 0 Å². The van der Waals surface area contributed by atoms with Gasteiger partial charge in [-0.05, 0) is 122 Å². The van der Waals surface area contributed by atoms with Crippen LogP contribution in [0.4, 0.5) is 17.1 Å². The Hall–Kier alpha value is -8.14. The Morgan fingerprint density at radius 3 is 1.92 bits per heavy atom. The van der Waals surface area contributed by atoms with Crippen molar-refractivity contribution in [2.24, 2.45) is 0 Å². The van der Waals surface area contributed by atoms with Crippen molar-refractivity contribution in [1.29, 1.82) is 0 Å². The molecular weight excluding hydrogens is 791 g/mol. The van der Waals surface area contributed by atoms with Gasteiger partial charge in [-0.2, -0.15) is 0 Å². The number of rotatable bonds is 7. The van der Waals surface area contributed by atoms with Crippen molar-refractivity contribution in [3.8, 4) is 55.6 Å². The second-order valence-electron chi connectivity index (χ2n) is 18.0. The summed E-state index contributed by atoms with van der Waals surface area (Å²) in [6, 6.07) is 64.4. The zero-order chi connectivity index (χ0) is 43.6. The van der Waals surface area contributed by atoms with E-state index in [1.807, 2.05) is 12.2 Å². The maximum atomic E-state index is 6.73. The van der Waals surface area contributed by atoms with Crippen molar-refractivity contribution in [2.45, 2.75) is 26.2 Å². The van der Waals surface area contributed by atoms with E-state index >= 15 is 0 Å². The third-order valence-electron chi connectivity index (χ3n) is 14.2. The van der Waals surface area contributed by atoms with Gasteiger partial charge in [0.1, 0.15) is 22.5 Å². The molecule has 11 aromatic rings. The molecule has 0 amide bonds. The first-order valence-electron chi connectivity index (χ1n) is 22.5. The number of aryl methyl sites for hydroxylation is 1. The Morgan fingerprint density at radius 2 is 1.12 bits per heavy atom. The normalized spacial score (nSPS) is 13.3. The lowest BCUT2D eigenvalue weighted by Gasteiger charge is -2.29. The number of benzene rings is 9. The van der Waals surface area contributed by atoms with Gasteiger partial charge in [-0.3, -0.25) is 0 Å². The number of fused-ring (bicyclic) bond motifs is 10. The van der Waals surface area contributed by atoms with Gasteiger partial charge < -0.3 is 13.7 Å². The molecule has 0 N–H and O–H groups in total. The van der Waals surface area contributed by atoms with E-state index in [1.165, 1.54) is 60.8 Å². The molecule has 308 valence electrons. The molecule has 0 spiro atoms. The number of nitrogens with zero attached hydrogens (tertiary/aromatic N) is 1. The topological polar surface area (TPSA) is 29.5 Å². The molecule has 0 saturated heterocycles. The lowest BCUT2D eigenvalue weighted by Crippen LogP contribution is -2.16. The van der Waals surface area contributed by atoms with E-state index in [0.717, 1.165) is 78.0 Å². The number of hydrogen-bond acceptors (Lipinski definition) is 3. The van der Waals surface area contributed by atoms with Crippen LogP contribution < -0.4 is 4.90 Å². The highest BCUT2D eigenvalue weighted by Gasteiger charge is 2.38. The van der Waals surface area contributed by atoms with Crippen LogP contribution in [0.1, 0.15) is 36.3 Å². The summed E-state index contributed by atoms with van der Waals surface area (Å²) in [6.07, 6.45) is 5.68. The maximum Gasteiger partial charge on any atom is 0.142 e. The second kappa shape index (κ2) is 13.9. The van der Waals surface area contributed by atoms with Crippen LogP contribution in [0.2, 0.25) is 0 Å². The Labute approximate surface area is 377 Å². The third kappa shape index (κ3) is 5.36. The van der Waals surface area contributed by atoms with Gasteiger partial charge in [0.25, 0.3) is 0 Å². The quantitative estimate of drug-likeness (QED) is 0.150. The molecule has 2 aromatic heterocycles. The number of hydrogen-bond donors (Lipinski definition) is 0. The van der Waals surface area contributed by atoms with Crippen molar-refractivity contribution >= 4 is 66.8 Å². The summed E-state index contributed by atoms with van der Waals surface area (Å²) in [5.41, 5.74) is 21.7. The molecule has 0 bridgehead atoms. The molecule has 0 fully saturated rings. The van der Waals surface area contributed by atoms with Crippen LogP contribution in [0.15, 0.2) is 203 Å². The number of furan rings is 2. The first kappa shape index (κ1) is 37.4. The average molecular weight is 834 g/mol. The van der Waals surface area contributed by atoms with E-state index in [9.17, 15) is 0 Å². The minimum absolute atomic E-state index is 0.155. The van der Waals surface area contributed by atoms with Gasteiger partial charge in [-0.25, -0.2) is 0 Å². The molecule has 0 radical (unpaired) electrons. The van der Waals surface area contributed by atoms with Crippen molar-refractivity contribution in [3.05, 3.63) is 217 Å². The highest BCUT2D eigenvalue weighted by atomic mass is 16.3. The maximum absolute atomic E-state index is 6.73. The molecule has 0 saturated carbocycles. The van der Waals surface area contributed by atoms with Gasteiger partial charge in [0.15, 0.2) is 0 Å². The van der Waals surface area contributed by atoms with Crippen LogP contribution in [-0.4, -0.2) is 0 Å². The Balaban J connectivity index is 1.01. The van der Waals surface area contributed by atoms with Gasteiger partial charge in [0.2, 0.25) is 0 Å². The largest absolute Gasteiger partial charge is 0.456 e.